The highest BCUT2D eigenvalue weighted by Crippen LogP contribution is 2.24. The van der Waals surface area contributed by atoms with Crippen LogP contribution in [-0.4, -0.2) is 40.2 Å². The molecule has 1 aliphatic rings. The summed E-state index contributed by atoms with van der Waals surface area (Å²) >= 11 is 0. The highest BCUT2D eigenvalue weighted by molar-refractivity contribution is 6.23. The molecular formula is C29H35N7O. The van der Waals surface area contributed by atoms with Crippen molar-refractivity contribution < 1.29 is 4.79 Å². The smallest absolute Gasteiger partial charge is 0.204 e. The van der Waals surface area contributed by atoms with Crippen molar-refractivity contribution >= 4 is 34.2 Å². The number of carbonyl (C=O) groups excluding carboxylic acids is 1. The van der Waals surface area contributed by atoms with E-state index in [0.717, 1.165) is 48.8 Å². The molecule has 0 radical (unpaired) electrons. The normalized spacial score (nSPS) is 14.5. The number of anilines is 3. The maximum atomic E-state index is 12.6. The molecule has 1 heterocycles. The molecule has 0 spiro atoms. The predicted molar refractivity (Wildman–Crippen MR) is 152 cm³/mol. The number of benzene rings is 2. The molecule has 0 unspecified atom stereocenters. The Kier molecular flexibility index (Phi) is 8.40. The van der Waals surface area contributed by atoms with Crippen molar-refractivity contribution in [2.24, 2.45) is 10.7 Å². The lowest BCUT2D eigenvalue weighted by Crippen LogP contribution is -2.30. The average Bonchev–Trinajstić information content (AvgIpc) is 3.40. The molecule has 0 fully saturated rings. The molecule has 37 heavy (non-hydrogen) atoms. The SMILES string of the molecule is CCN(c1ccc(N=C2C=C(Nc3ccc(NCCCn4ccnc4)cc3)C(=O)C=C2N)cc1)C(C)C. The molecule has 0 bridgehead atoms. The van der Waals surface area contributed by atoms with Gasteiger partial charge in [-0.2, -0.15) is 0 Å². The number of ketones is 1. The summed E-state index contributed by atoms with van der Waals surface area (Å²) in [6, 6.07) is 16.4. The number of rotatable bonds is 11. The maximum absolute atomic E-state index is 12.6. The lowest BCUT2D eigenvalue weighted by atomic mass is 10.1. The van der Waals surface area contributed by atoms with Gasteiger partial charge in [0.2, 0.25) is 5.78 Å². The van der Waals surface area contributed by atoms with Crippen molar-refractivity contribution in [2.45, 2.75) is 39.8 Å². The number of nitrogens with two attached hydrogens (primary N) is 1. The van der Waals surface area contributed by atoms with Crippen LogP contribution in [0.5, 0.6) is 0 Å². The number of nitrogens with one attached hydrogen (secondary N) is 2. The first-order valence-corrected chi connectivity index (χ1v) is 12.7. The van der Waals surface area contributed by atoms with Crippen molar-refractivity contribution in [1.29, 1.82) is 0 Å². The van der Waals surface area contributed by atoms with Gasteiger partial charge in [-0.25, -0.2) is 9.98 Å². The van der Waals surface area contributed by atoms with Crippen molar-refractivity contribution in [3.05, 3.63) is 90.8 Å². The molecule has 0 aliphatic heterocycles. The summed E-state index contributed by atoms with van der Waals surface area (Å²) < 4.78 is 2.06. The maximum Gasteiger partial charge on any atom is 0.204 e. The third-order valence-electron chi connectivity index (χ3n) is 6.17. The number of allylic oxidation sites excluding steroid dienone is 2. The summed E-state index contributed by atoms with van der Waals surface area (Å²) in [5, 5.41) is 6.63. The van der Waals surface area contributed by atoms with Crippen LogP contribution in [0.4, 0.5) is 22.7 Å². The van der Waals surface area contributed by atoms with Crippen LogP contribution >= 0.6 is 0 Å². The molecule has 8 nitrogen and oxygen atoms in total. The largest absolute Gasteiger partial charge is 0.397 e. The van der Waals surface area contributed by atoms with E-state index in [0.29, 0.717) is 23.1 Å². The second-order valence-electron chi connectivity index (χ2n) is 9.20. The van der Waals surface area contributed by atoms with Gasteiger partial charge in [-0.15, -0.1) is 0 Å². The lowest BCUT2D eigenvalue weighted by Gasteiger charge is -2.27. The number of hydrogen-bond donors (Lipinski definition) is 3. The first-order chi connectivity index (χ1) is 17.9. The molecule has 8 heteroatoms. The number of imidazole rings is 1. The molecule has 2 aromatic carbocycles. The van der Waals surface area contributed by atoms with Gasteiger partial charge in [0.1, 0.15) is 0 Å². The molecule has 3 aromatic rings. The first-order valence-electron chi connectivity index (χ1n) is 12.7. The lowest BCUT2D eigenvalue weighted by molar-refractivity contribution is -0.111. The van der Waals surface area contributed by atoms with E-state index in [4.69, 9.17) is 10.7 Å². The van der Waals surface area contributed by atoms with Crippen LogP contribution in [0.2, 0.25) is 0 Å². The van der Waals surface area contributed by atoms with Crippen molar-refractivity contribution in [3.63, 3.8) is 0 Å². The Balaban J connectivity index is 1.39. The van der Waals surface area contributed by atoms with Crippen molar-refractivity contribution in [1.82, 2.24) is 9.55 Å². The fourth-order valence-electron chi connectivity index (χ4n) is 4.22. The highest BCUT2D eigenvalue weighted by Gasteiger charge is 2.17. The van der Waals surface area contributed by atoms with E-state index in [1.54, 1.807) is 12.3 Å². The van der Waals surface area contributed by atoms with Crippen LogP contribution in [0, 0.1) is 0 Å². The minimum absolute atomic E-state index is 0.177. The van der Waals surface area contributed by atoms with Crippen LogP contribution in [0.3, 0.4) is 0 Å². The molecule has 0 saturated heterocycles. The second kappa shape index (κ2) is 12.1. The minimum atomic E-state index is -0.177. The van der Waals surface area contributed by atoms with Crippen LogP contribution in [0.15, 0.2) is 95.8 Å². The van der Waals surface area contributed by atoms with E-state index in [1.165, 1.54) is 6.08 Å². The monoisotopic (exact) mass is 497 g/mol. The summed E-state index contributed by atoms with van der Waals surface area (Å²) in [4.78, 5) is 23.7. The Morgan fingerprint density at radius 1 is 1.05 bits per heavy atom. The zero-order chi connectivity index (χ0) is 26.2. The Morgan fingerprint density at radius 3 is 2.43 bits per heavy atom. The summed E-state index contributed by atoms with van der Waals surface area (Å²) in [5.74, 6) is -0.177. The number of hydrogen-bond acceptors (Lipinski definition) is 7. The number of carbonyl (C=O) groups is 1. The Bertz CT molecular complexity index is 1270. The van der Waals surface area contributed by atoms with Gasteiger partial charge < -0.3 is 25.8 Å². The highest BCUT2D eigenvalue weighted by atomic mass is 16.1. The van der Waals surface area contributed by atoms with Gasteiger partial charge in [0.15, 0.2) is 0 Å². The molecule has 4 rings (SSSR count). The van der Waals surface area contributed by atoms with Gasteiger partial charge in [0.05, 0.1) is 29.1 Å². The van der Waals surface area contributed by atoms with Gasteiger partial charge in [-0.05, 0) is 81.8 Å². The summed E-state index contributed by atoms with van der Waals surface area (Å²) in [6.07, 6.45) is 9.69. The second-order valence-corrected chi connectivity index (χ2v) is 9.20. The number of nitrogens with zero attached hydrogens (tertiary/aromatic N) is 4. The molecule has 4 N–H and O–H groups in total. The summed E-state index contributed by atoms with van der Waals surface area (Å²) in [7, 11) is 0. The minimum Gasteiger partial charge on any atom is -0.397 e. The molecule has 192 valence electrons. The predicted octanol–water partition coefficient (Wildman–Crippen LogP) is 5.11. The van der Waals surface area contributed by atoms with Gasteiger partial charge in [0.25, 0.3) is 0 Å². The molecule has 0 atom stereocenters. The molecule has 0 saturated carbocycles. The van der Waals surface area contributed by atoms with Gasteiger partial charge in [-0.1, -0.05) is 0 Å². The fraction of sp³-hybridized carbons (Fsp3) is 0.276. The number of aryl methyl sites for hydroxylation is 1. The summed E-state index contributed by atoms with van der Waals surface area (Å²) in [5.41, 5.74) is 11.2. The van der Waals surface area contributed by atoms with Crippen LogP contribution < -0.4 is 21.3 Å². The van der Waals surface area contributed by atoms with E-state index in [-0.39, 0.29) is 5.78 Å². The third-order valence-corrected chi connectivity index (χ3v) is 6.17. The third kappa shape index (κ3) is 6.88. The number of aromatic nitrogens is 2. The Labute approximate surface area is 218 Å². The summed E-state index contributed by atoms with van der Waals surface area (Å²) in [6.45, 7) is 9.21. The Morgan fingerprint density at radius 2 is 1.78 bits per heavy atom. The number of aliphatic imine (C=N–C) groups is 1. The van der Waals surface area contributed by atoms with E-state index in [9.17, 15) is 4.79 Å². The zero-order valence-electron chi connectivity index (χ0n) is 21.7. The van der Waals surface area contributed by atoms with E-state index < -0.39 is 0 Å². The van der Waals surface area contributed by atoms with Crippen molar-refractivity contribution in [3.8, 4) is 0 Å². The fourth-order valence-corrected chi connectivity index (χ4v) is 4.22. The van der Waals surface area contributed by atoms with Crippen LogP contribution in [0.1, 0.15) is 27.2 Å². The van der Waals surface area contributed by atoms with E-state index in [2.05, 4.69) is 58.0 Å². The quantitative estimate of drug-likeness (QED) is 0.251. The first kappa shape index (κ1) is 25.8. The van der Waals surface area contributed by atoms with Crippen LogP contribution in [0.25, 0.3) is 0 Å². The van der Waals surface area contributed by atoms with E-state index in [1.807, 2.05) is 48.9 Å². The Hall–Kier alpha value is -4.33. The molecule has 1 aliphatic carbocycles. The van der Waals surface area contributed by atoms with Gasteiger partial charge in [0, 0.05) is 61.2 Å². The zero-order valence-corrected chi connectivity index (χ0v) is 21.7. The van der Waals surface area contributed by atoms with Crippen molar-refractivity contribution in [2.75, 3.05) is 28.6 Å². The van der Waals surface area contributed by atoms with Crippen LogP contribution in [-0.2, 0) is 11.3 Å². The van der Waals surface area contributed by atoms with E-state index >= 15 is 0 Å². The molecule has 1 aromatic heterocycles. The topological polar surface area (TPSA) is 101 Å². The molecule has 0 amide bonds. The standard InChI is InChI=1S/C29H35N7O/c1-4-36(21(2)3)25-12-10-24(11-13-25)33-27-19-28(29(37)18-26(27)30)34-23-8-6-22(7-9-23)32-14-5-16-35-17-15-31-20-35/h6-13,15,17-21,32,34H,4-5,14,16,30H2,1-3H3. The van der Waals surface area contributed by atoms with Gasteiger partial charge in [-0.3, -0.25) is 4.79 Å². The van der Waals surface area contributed by atoms with Gasteiger partial charge >= 0.3 is 0 Å². The molecular weight excluding hydrogens is 462 g/mol. The average molecular weight is 498 g/mol.